The molecule has 84 valence electrons. The zero-order valence-corrected chi connectivity index (χ0v) is 10.1. The molecule has 0 amide bonds. The Hall–Kier alpha value is -1.25. The Kier molecular flexibility index (Phi) is 3.56. The molecule has 0 aliphatic carbocycles. The SMILES string of the molecule is CCCn1ccc(C(C)(C)C)c/c1=N/N. The van der Waals surface area contributed by atoms with Crippen molar-refractivity contribution in [2.45, 2.75) is 46.1 Å². The predicted octanol–water partition coefficient (Wildman–Crippen LogP) is 1.97. The van der Waals surface area contributed by atoms with Gasteiger partial charge in [0, 0.05) is 12.7 Å². The molecule has 0 spiro atoms. The van der Waals surface area contributed by atoms with E-state index >= 15 is 0 Å². The highest BCUT2D eigenvalue weighted by molar-refractivity contribution is 5.19. The second-order valence-corrected chi connectivity index (χ2v) is 4.85. The van der Waals surface area contributed by atoms with E-state index in [-0.39, 0.29) is 5.41 Å². The van der Waals surface area contributed by atoms with Crippen molar-refractivity contribution in [1.29, 1.82) is 0 Å². The molecule has 1 aromatic heterocycles. The zero-order valence-electron chi connectivity index (χ0n) is 10.1. The summed E-state index contributed by atoms with van der Waals surface area (Å²) in [6.45, 7) is 9.66. The van der Waals surface area contributed by atoms with Gasteiger partial charge < -0.3 is 10.4 Å². The van der Waals surface area contributed by atoms with Crippen molar-refractivity contribution in [1.82, 2.24) is 4.57 Å². The van der Waals surface area contributed by atoms with Crippen molar-refractivity contribution in [3.05, 3.63) is 29.4 Å². The Morgan fingerprint density at radius 2 is 2.07 bits per heavy atom. The van der Waals surface area contributed by atoms with Gasteiger partial charge in [0.25, 0.3) is 0 Å². The van der Waals surface area contributed by atoms with Crippen LogP contribution in [0.3, 0.4) is 0 Å². The molecule has 0 aliphatic rings. The second-order valence-electron chi connectivity index (χ2n) is 4.85. The largest absolute Gasteiger partial charge is 0.332 e. The summed E-state index contributed by atoms with van der Waals surface area (Å²) < 4.78 is 2.08. The monoisotopic (exact) mass is 207 g/mol. The summed E-state index contributed by atoms with van der Waals surface area (Å²) in [5.74, 6) is 5.40. The van der Waals surface area contributed by atoms with E-state index in [0.29, 0.717) is 0 Å². The molecule has 0 saturated carbocycles. The smallest absolute Gasteiger partial charge is 0.152 e. The molecule has 0 unspecified atom stereocenters. The number of rotatable bonds is 2. The van der Waals surface area contributed by atoms with Gasteiger partial charge in [-0.1, -0.05) is 27.7 Å². The molecular formula is C12H21N3. The van der Waals surface area contributed by atoms with E-state index in [0.717, 1.165) is 18.5 Å². The third-order valence-corrected chi connectivity index (χ3v) is 2.48. The zero-order chi connectivity index (χ0) is 11.5. The molecule has 1 heterocycles. The van der Waals surface area contributed by atoms with E-state index in [9.17, 15) is 0 Å². The Morgan fingerprint density at radius 1 is 1.40 bits per heavy atom. The van der Waals surface area contributed by atoms with Gasteiger partial charge in [0.05, 0.1) is 0 Å². The Labute approximate surface area is 91.6 Å². The van der Waals surface area contributed by atoms with Gasteiger partial charge in [0.2, 0.25) is 0 Å². The lowest BCUT2D eigenvalue weighted by atomic mass is 9.88. The summed E-state index contributed by atoms with van der Waals surface area (Å²) >= 11 is 0. The van der Waals surface area contributed by atoms with Crippen molar-refractivity contribution < 1.29 is 0 Å². The van der Waals surface area contributed by atoms with Gasteiger partial charge in [0.1, 0.15) is 0 Å². The summed E-state index contributed by atoms with van der Waals surface area (Å²) in [5.41, 5.74) is 2.26. The normalized spacial score (nSPS) is 13.2. The van der Waals surface area contributed by atoms with Gasteiger partial charge >= 0.3 is 0 Å². The molecule has 0 aromatic carbocycles. The molecule has 0 saturated heterocycles. The molecule has 2 N–H and O–H groups in total. The van der Waals surface area contributed by atoms with Crippen molar-refractivity contribution in [3.63, 3.8) is 0 Å². The van der Waals surface area contributed by atoms with Gasteiger partial charge in [-0.25, -0.2) is 0 Å². The second kappa shape index (κ2) is 4.51. The molecule has 0 atom stereocenters. The molecule has 0 aliphatic heterocycles. The van der Waals surface area contributed by atoms with Crippen LogP contribution in [-0.4, -0.2) is 4.57 Å². The van der Waals surface area contributed by atoms with Crippen LogP contribution in [-0.2, 0) is 12.0 Å². The molecule has 3 heteroatoms. The topological polar surface area (TPSA) is 43.3 Å². The van der Waals surface area contributed by atoms with Crippen molar-refractivity contribution in [2.75, 3.05) is 0 Å². The average molecular weight is 207 g/mol. The fourth-order valence-corrected chi connectivity index (χ4v) is 1.52. The first-order valence-corrected chi connectivity index (χ1v) is 5.44. The first-order valence-electron chi connectivity index (χ1n) is 5.44. The fourth-order valence-electron chi connectivity index (χ4n) is 1.52. The summed E-state index contributed by atoms with van der Waals surface area (Å²) in [5, 5.41) is 3.83. The van der Waals surface area contributed by atoms with E-state index in [2.05, 4.69) is 55.7 Å². The van der Waals surface area contributed by atoms with E-state index < -0.39 is 0 Å². The van der Waals surface area contributed by atoms with Crippen LogP contribution in [0.5, 0.6) is 0 Å². The molecule has 1 rings (SSSR count). The molecule has 0 bridgehead atoms. The first-order chi connectivity index (χ1) is 6.99. The van der Waals surface area contributed by atoms with Crippen LogP contribution >= 0.6 is 0 Å². The highest BCUT2D eigenvalue weighted by Gasteiger charge is 2.13. The lowest BCUT2D eigenvalue weighted by Gasteiger charge is -2.19. The van der Waals surface area contributed by atoms with Crippen LogP contribution in [0.4, 0.5) is 0 Å². The third-order valence-electron chi connectivity index (χ3n) is 2.48. The Bertz CT molecular complexity index is 383. The van der Waals surface area contributed by atoms with Gasteiger partial charge in [-0.2, -0.15) is 5.10 Å². The number of aromatic nitrogens is 1. The highest BCUT2D eigenvalue weighted by Crippen LogP contribution is 2.19. The van der Waals surface area contributed by atoms with E-state index in [1.54, 1.807) is 0 Å². The summed E-state index contributed by atoms with van der Waals surface area (Å²) in [7, 11) is 0. The van der Waals surface area contributed by atoms with Crippen LogP contribution < -0.4 is 11.3 Å². The average Bonchev–Trinajstić information content (AvgIpc) is 2.17. The molecule has 0 radical (unpaired) electrons. The van der Waals surface area contributed by atoms with Crippen LogP contribution in [0.2, 0.25) is 0 Å². The van der Waals surface area contributed by atoms with Crippen LogP contribution in [0.15, 0.2) is 23.4 Å². The van der Waals surface area contributed by atoms with Crippen molar-refractivity contribution in [2.24, 2.45) is 10.9 Å². The summed E-state index contributed by atoms with van der Waals surface area (Å²) in [6, 6.07) is 4.21. The minimum Gasteiger partial charge on any atom is -0.332 e. The lowest BCUT2D eigenvalue weighted by molar-refractivity contribution is 0.575. The first kappa shape index (κ1) is 11.8. The number of aryl methyl sites for hydroxylation is 1. The molecular weight excluding hydrogens is 186 g/mol. The standard InChI is InChI=1S/C12H21N3/c1-5-7-15-8-6-10(12(2,3)4)9-11(15)14-13/h6,8-9H,5,7,13H2,1-4H3/b14-11-. The Balaban J connectivity index is 3.21. The predicted molar refractivity (Wildman–Crippen MR) is 63.2 cm³/mol. The van der Waals surface area contributed by atoms with Crippen LogP contribution in [0.1, 0.15) is 39.7 Å². The van der Waals surface area contributed by atoms with Gasteiger partial charge in [-0.05, 0) is 29.5 Å². The summed E-state index contributed by atoms with van der Waals surface area (Å²) in [6.07, 6.45) is 3.15. The molecule has 15 heavy (non-hydrogen) atoms. The minimum atomic E-state index is 0.144. The van der Waals surface area contributed by atoms with Gasteiger partial charge in [-0.15, -0.1) is 0 Å². The highest BCUT2D eigenvalue weighted by atomic mass is 15.2. The maximum Gasteiger partial charge on any atom is 0.152 e. The van der Waals surface area contributed by atoms with Crippen molar-refractivity contribution >= 4 is 0 Å². The number of hydrogen-bond acceptors (Lipinski definition) is 2. The molecule has 0 fully saturated rings. The van der Waals surface area contributed by atoms with Crippen LogP contribution in [0, 0.1) is 0 Å². The number of nitrogens with zero attached hydrogens (tertiary/aromatic N) is 2. The van der Waals surface area contributed by atoms with Gasteiger partial charge in [0.15, 0.2) is 5.49 Å². The third kappa shape index (κ3) is 2.85. The quantitative estimate of drug-likeness (QED) is 0.585. The van der Waals surface area contributed by atoms with E-state index in [4.69, 9.17) is 5.84 Å². The maximum absolute atomic E-state index is 5.40. The summed E-state index contributed by atoms with van der Waals surface area (Å²) in [4.78, 5) is 0. The number of hydrogen-bond donors (Lipinski definition) is 1. The number of nitrogens with two attached hydrogens (primary N) is 1. The van der Waals surface area contributed by atoms with E-state index in [1.807, 2.05) is 0 Å². The van der Waals surface area contributed by atoms with Crippen LogP contribution in [0.25, 0.3) is 0 Å². The van der Waals surface area contributed by atoms with E-state index in [1.165, 1.54) is 5.56 Å². The number of pyridine rings is 1. The van der Waals surface area contributed by atoms with Gasteiger partial charge in [-0.3, -0.25) is 0 Å². The lowest BCUT2D eigenvalue weighted by Crippen LogP contribution is -2.25. The molecule has 1 aromatic rings. The molecule has 3 nitrogen and oxygen atoms in total. The fraction of sp³-hybridized carbons (Fsp3) is 0.583. The minimum absolute atomic E-state index is 0.144. The Morgan fingerprint density at radius 3 is 2.53 bits per heavy atom. The van der Waals surface area contributed by atoms with Crippen molar-refractivity contribution in [3.8, 4) is 0 Å². The maximum atomic E-state index is 5.40.